The van der Waals surface area contributed by atoms with Crippen molar-refractivity contribution < 1.29 is 9.53 Å². The van der Waals surface area contributed by atoms with Crippen LogP contribution in [0.3, 0.4) is 0 Å². The number of aromatic nitrogens is 2. The van der Waals surface area contributed by atoms with Crippen molar-refractivity contribution in [2.24, 2.45) is 0 Å². The molecule has 0 unspecified atom stereocenters. The van der Waals surface area contributed by atoms with Crippen molar-refractivity contribution in [3.63, 3.8) is 0 Å². The molecule has 0 saturated carbocycles. The molecule has 0 spiro atoms. The summed E-state index contributed by atoms with van der Waals surface area (Å²) < 4.78 is 4.88. The van der Waals surface area contributed by atoms with Gasteiger partial charge in [0.15, 0.2) is 0 Å². The molecule has 6 nitrogen and oxygen atoms in total. The molecule has 90 valence electrons. The zero-order valence-electron chi connectivity index (χ0n) is 9.67. The molecule has 1 aromatic rings. The van der Waals surface area contributed by atoms with Gasteiger partial charge in [0, 0.05) is 32.4 Å². The molecule has 1 heterocycles. The average Bonchev–Trinajstić information content (AvgIpc) is 2.70. The van der Waals surface area contributed by atoms with Gasteiger partial charge < -0.3 is 15.4 Å². The van der Waals surface area contributed by atoms with Crippen LogP contribution < -0.4 is 10.6 Å². The second-order valence-electron chi connectivity index (χ2n) is 3.43. The molecule has 1 amide bonds. The maximum Gasteiger partial charge on any atom is 0.271 e. The molecule has 16 heavy (non-hydrogen) atoms. The number of rotatable bonds is 7. The average molecular weight is 226 g/mol. The summed E-state index contributed by atoms with van der Waals surface area (Å²) in [7, 11) is 1.66. The maximum absolute atomic E-state index is 11.5. The summed E-state index contributed by atoms with van der Waals surface area (Å²) in [6, 6.07) is 1.72. The fraction of sp³-hybridized carbons (Fsp3) is 0.600. The van der Waals surface area contributed by atoms with Crippen LogP contribution in [0.2, 0.25) is 0 Å². The number of carbonyl (C=O) groups excluding carboxylic acids is 1. The third-order valence-corrected chi connectivity index (χ3v) is 2.01. The van der Waals surface area contributed by atoms with E-state index < -0.39 is 0 Å². The first-order valence-corrected chi connectivity index (χ1v) is 5.24. The highest BCUT2D eigenvalue weighted by molar-refractivity contribution is 5.92. The predicted molar refractivity (Wildman–Crippen MR) is 60.4 cm³/mol. The molecular formula is C10H18N4O2. The summed E-state index contributed by atoms with van der Waals surface area (Å²) in [6.07, 6.45) is 0. The normalized spacial score (nSPS) is 10.4. The Morgan fingerprint density at radius 2 is 2.31 bits per heavy atom. The molecule has 0 aliphatic rings. The van der Waals surface area contributed by atoms with Crippen molar-refractivity contribution in [3.8, 4) is 0 Å². The number of carbonyl (C=O) groups is 1. The first-order chi connectivity index (χ1) is 7.74. The SMILES string of the molecule is COCCNCCNC(=O)c1cc(C)[nH]n1. The molecule has 0 saturated heterocycles. The number of aromatic amines is 1. The van der Waals surface area contributed by atoms with Crippen LogP contribution in [0.4, 0.5) is 0 Å². The van der Waals surface area contributed by atoms with Crippen molar-refractivity contribution in [2.75, 3.05) is 33.4 Å². The fourth-order valence-electron chi connectivity index (χ4n) is 1.19. The molecular weight excluding hydrogens is 208 g/mol. The maximum atomic E-state index is 11.5. The van der Waals surface area contributed by atoms with Crippen LogP contribution in [0.25, 0.3) is 0 Å². The second kappa shape index (κ2) is 6.97. The third-order valence-electron chi connectivity index (χ3n) is 2.01. The van der Waals surface area contributed by atoms with Crippen molar-refractivity contribution in [1.29, 1.82) is 0 Å². The first-order valence-electron chi connectivity index (χ1n) is 5.24. The van der Waals surface area contributed by atoms with E-state index in [1.54, 1.807) is 13.2 Å². The Bertz CT molecular complexity index is 324. The van der Waals surface area contributed by atoms with E-state index in [9.17, 15) is 4.79 Å². The number of nitrogens with zero attached hydrogens (tertiary/aromatic N) is 1. The number of nitrogens with one attached hydrogen (secondary N) is 3. The van der Waals surface area contributed by atoms with Gasteiger partial charge in [0.05, 0.1) is 6.61 Å². The van der Waals surface area contributed by atoms with Gasteiger partial charge >= 0.3 is 0 Å². The van der Waals surface area contributed by atoms with Gasteiger partial charge in [-0.2, -0.15) is 5.10 Å². The van der Waals surface area contributed by atoms with Crippen molar-refractivity contribution in [3.05, 3.63) is 17.5 Å². The first kappa shape index (κ1) is 12.7. The zero-order chi connectivity index (χ0) is 11.8. The van der Waals surface area contributed by atoms with E-state index >= 15 is 0 Å². The Morgan fingerprint density at radius 3 is 2.94 bits per heavy atom. The van der Waals surface area contributed by atoms with Crippen LogP contribution >= 0.6 is 0 Å². The molecule has 0 aromatic carbocycles. The van der Waals surface area contributed by atoms with Gasteiger partial charge in [0.2, 0.25) is 0 Å². The molecule has 0 fully saturated rings. The van der Waals surface area contributed by atoms with E-state index in [0.717, 1.165) is 18.8 Å². The van der Waals surface area contributed by atoms with Crippen LogP contribution in [-0.4, -0.2) is 49.5 Å². The van der Waals surface area contributed by atoms with Crippen LogP contribution in [0.15, 0.2) is 6.07 Å². The van der Waals surface area contributed by atoms with E-state index in [4.69, 9.17) is 4.74 Å². The van der Waals surface area contributed by atoms with E-state index in [1.165, 1.54) is 0 Å². The number of H-pyrrole nitrogens is 1. The lowest BCUT2D eigenvalue weighted by Gasteiger charge is -2.04. The Kier molecular flexibility index (Phi) is 5.52. The molecule has 3 N–H and O–H groups in total. The van der Waals surface area contributed by atoms with Crippen molar-refractivity contribution in [2.45, 2.75) is 6.92 Å². The monoisotopic (exact) mass is 226 g/mol. The lowest BCUT2D eigenvalue weighted by molar-refractivity contribution is 0.0948. The second-order valence-corrected chi connectivity index (χ2v) is 3.43. The summed E-state index contributed by atoms with van der Waals surface area (Å²) >= 11 is 0. The van der Waals surface area contributed by atoms with Crippen LogP contribution in [0.1, 0.15) is 16.2 Å². The third kappa shape index (κ3) is 4.41. The number of aryl methyl sites for hydroxylation is 1. The van der Waals surface area contributed by atoms with Gasteiger partial charge in [-0.3, -0.25) is 9.89 Å². The highest BCUT2D eigenvalue weighted by Gasteiger charge is 2.07. The van der Waals surface area contributed by atoms with E-state index in [2.05, 4.69) is 20.8 Å². The minimum Gasteiger partial charge on any atom is -0.383 e. The topological polar surface area (TPSA) is 79.0 Å². The number of hydrogen-bond donors (Lipinski definition) is 3. The number of ether oxygens (including phenoxy) is 1. The van der Waals surface area contributed by atoms with Crippen molar-refractivity contribution >= 4 is 5.91 Å². The minimum atomic E-state index is -0.155. The Balaban J connectivity index is 2.11. The minimum absolute atomic E-state index is 0.155. The van der Waals surface area contributed by atoms with Gasteiger partial charge in [-0.05, 0) is 13.0 Å². The Labute approximate surface area is 94.8 Å². The Morgan fingerprint density at radius 1 is 1.50 bits per heavy atom. The lowest BCUT2D eigenvalue weighted by atomic mass is 10.3. The molecule has 0 atom stereocenters. The van der Waals surface area contributed by atoms with E-state index in [0.29, 0.717) is 18.8 Å². The fourth-order valence-corrected chi connectivity index (χ4v) is 1.19. The summed E-state index contributed by atoms with van der Waals surface area (Å²) in [5.41, 5.74) is 1.30. The predicted octanol–water partition coefficient (Wildman–Crippen LogP) is -0.316. The molecule has 1 rings (SSSR count). The van der Waals surface area contributed by atoms with Gasteiger partial charge in [0.25, 0.3) is 5.91 Å². The highest BCUT2D eigenvalue weighted by atomic mass is 16.5. The zero-order valence-corrected chi connectivity index (χ0v) is 9.67. The molecule has 6 heteroatoms. The van der Waals surface area contributed by atoms with Gasteiger partial charge in [-0.15, -0.1) is 0 Å². The van der Waals surface area contributed by atoms with Crippen molar-refractivity contribution in [1.82, 2.24) is 20.8 Å². The quantitative estimate of drug-likeness (QED) is 0.557. The molecule has 1 aromatic heterocycles. The van der Waals surface area contributed by atoms with Gasteiger partial charge in [0.1, 0.15) is 5.69 Å². The van der Waals surface area contributed by atoms with E-state index in [-0.39, 0.29) is 5.91 Å². The number of amides is 1. The van der Waals surface area contributed by atoms with Gasteiger partial charge in [-0.25, -0.2) is 0 Å². The standard InChI is InChI=1S/C10H18N4O2/c1-8-7-9(14-13-8)10(15)12-4-3-11-5-6-16-2/h7,11H,3-6H2,1-2H3,(H,12,15)(H,13,14). The van der Waals surface area contributed by atoms with Crippen LogP contribution in [0.5, 0.6) is 0 Å². The summed E-state index contributed by atoms with van der Waals surface area (Å²) in [5, 5.41) is 12.5. The molecule has 0 aliphatic carbocycles. The summed E-state index contributed by atoms with van der Waals surface area (Å²) in [6.45, 7) is 4.61. The van der Waals surface area contributed by atoms with Gasteiger partial charge in [-0.1, -0.05) is 0 Å². The van der Waals surface area contributed by atoms with E-state index in [1.807, 2.05) is 6.92 Å². The Hall–Kier alpha value is -1.40. The van der Waals surface area contributed by atoms with Crippen LogP contribution in [-0.2, 0) is 4.74 Å². The molecule has 0 bridgehead atoms. The molecule has 0 radical (unpaired) electrons. The summed E-state index contributed by atoms with van der Waals surface area (Å²) in [4.78, 5) is 11.5. The van der Waals surface area contributed by atoms with Crippen LogP contribution in [0, 0.1) is 6.92 Å². The summed E-state index contributed by atoms with van der Waals surface area (Å²) in [5.74, 6) is -0.155. The number of methoxy groups -OCH3 is 1. The molecule has 0 aliphatic heterocycles. The number of hydrogen-bond acceptors (Lipinski definition) is 4. The highest BCUT2D eigenvalue weighted by Crippen LogP contribution is 1.96. The lowest BCUT2D eigenvalue weighted by Crippen LogP contribution is -2.33. The largest absolute Gasteiger partial charge is 0.383 e. The smallest absolute Gasteiger partial charge is 0.271 e.